The van der Waals surface area contributed by atoms with E-state index in [1.54, 1.807) is 0 Å². The lowest BCUT2D eigenvalue weighted by atomic mass is 9.93. The summed E-state index contributed by atoms with van der Waals surface area (Å²) in [5.41, 5.74) is 5.66. The van der Waals surface area contributed by atoms with E-state index in [0.717, 1.165) is 6.42 Å². The van der Waals surface area contributed by atoms with Crippen molar-refractivity contribution < 1.29 is 14.7 Å². The van der Waals surface area contributed by atoms with Crippen LogP contribution in [-0.4, -0.2) is 40.0 Å². The zero-order valence-electron chi connectivity index (χ0n) is 8.72. The second kappa shape index (κ2) is 3.48. The van der Waals surface area contributed by atoms with E-state index in [9.17, 15) is 9.59 Å². The summed E-state index contributed by atoms with van der Waals surface area (Å²) in [6.07, 6.45) is 2.06. The van der Waals surface area contributed by atoms with Gasteiger partial charge in [-0.25, -0.2) is 4.79 Å². The summed E-state index contributed by atoms with van der Waals surface area (Å²) >= 11 is 0. The monoisotopic (exact) mass is 212 g/mol. The number of rotatable bonds is 1. The van der Waals surface area contributed by atoms with Crippen LogP contribution in [0.25, 0.3) is 0 Å². The minimum atomic E-state index is -0.910. The molecule has 15 heavy (non-hydrogen) atoms. The van der Waals surface area contributed by atoms with Crippen molar-refractivity contribution in [3.8, 4) is 0 Å². The predicted octanol–water partition coefficient (Wildman–Crippen LogP) is -0.202. The van der Waals surface area contributed by atoms with E-state index in [1.807, 2.05) is 6.92 Å². The van der Waals surface area contributed by atoms with Crippen LogP contribution >= 0.6 is 0 Å². The molecule has 0 spiro atoms. The Morgan fingerprint density at radius 2 is 2.20 bits per heavy atom. The molecule has 3 N–H and O–H groups in total. The minimum Gasteiger partial charge on any atom is -0.480 e. The number of fused-ring (bicyclic) bond motifs is 1. The van der Waals surface area contributed by atoms with Crippen molar-refractivity contribution in [2.75, 3.05) is 0 Å². The fourth-order valence-corrected chi connectivity index (χ4v) is 2.75. The average Bonchev–Trinajstić information content (AvgIpc) is 2.50. The quantitative estimate of drug-likeness (QED) is 0.630. The standard InChI is InChI=1S/C10H16N2O3/c1-5-4-8(10(14)15)12-7(5)3-2-6(11)9(12)13/h5-8H,2-4,11H2,1H3,(H,14,15)/t5-,6+,7?,8+/m1/s1. The molecule has 1 amide bonds. The fourth-order valence-electron chi connectivity index (χ4n) is 2.75. The summed E-state index contributed by atoms with van der Waals surface area (Å²) in [7, 11) is 0. The molecule has 84 valence electrons. The average molecular weight is 212 g/mol. The Morgan fingerprint density at radius 3 is 2.80 bits per heavy atom. The highest BCUT2D eigenvalue weighted by Crippen LogP contribution is 2.36. The molecule has 2 fully saturated rings. The van der Waals surface area contributed by atoms with Crippen LogP contribution < -0.4 is 5.73 Å². The summed E-state index contributed by atoms with van der Waals surface area (Å²) in [4.78, 5) is 24.3. The van der Waals surface area contributed by atoms with E-state index in [0.29, 0.717) is 12.8 Å². The molecule has 0 aliphatic carbocycles. The molecule has 2 aliphatic heterocycles. The first kappa shape index (κ1) is 10.4. The topological polar surface area (TPSA) is 83.6 Å². The summed E-state index contributed by atoms with van der Waals surface area (Å²) < 4.78 is 0. The fraction of sp³-hybridized carbons (Fsp3) is 0.800. The maximum absolute atomic E-state index is 11.8. The molecule has 4 atom stereocenters. The van der Waals surface area contributed by atoms with Gasteiger partial charge >= 0.3 is 5.97 Å². The van der Waals surface area contributed by atoms with Crippen LogP contribution in [0, 0.1) is 5.92 Å². The van der Waals surface area contributed by atoms with E-state index in [1.165, 1.54) is 4.90 Å². The van der Waals surface area contributed by atoms with Gasteiger partial charge in [-0.2, -0.15) is 0 Å². The Kier molecular flexibility index (Phi) is 2.42. The molecule has 2 heterocycles. The van der Waals surface area contributed by atoms with Gasteiger partial charge in [0.05, 0.1) is 6.04 Å². The highest BCUT2D eigenvalue weighted by atomic mass is 16.4. The van der Waals surface area contributed by atoms with E-state index >= 15 is 0 Å². The summed E-state index contributed by atoms with van der Waals surface area (Å²) in [5.74, 6) is -0.836. The Morgan fingerprint density at radius 1 is 1.53 bits per heavy atom. The Hall–Kier alpha value is -1.10. The number of carboxylic acid groups (broad SMARTS) is 1. The largest absolute Gasteiger partial charge is 0.480 e. The number of carbonyl (C=O) groups excluding carboxylic acids is 1. The molecular weight excluding hydrogens is 196 g/mol. The van der Waals surface area contributed by atoms with Gasteiger partial charge in [0, 0.05) is 6.04 Å². The van der Waals surface area contributed by atoms with Crippen molar-refractivity contribution in [3.05, 3.63) is 0 Å². The zero-order chi connectivity index (χ0) is 11.2. The third-order valence-corrected chi connectivity index (χ3v) is 3.58. The van der Waals surface area contributed by atoms with Gasteiger partial charge in [-0.05, 0) is 25.2 Å². The number of carbonyl (C=O) groups is 2. The number of hydrogen-bond donors (Lipinski definition) is 2. The molecular formula is C10H16N2O3. The van der Waals surface area contributed by atoms with Crippen molar-refractivity contribution in [1.82, 2.24) is 4.90 Å². The maximum Gasteiger partial charge on any atom is 0.326 e. The van der Waals surface area contributed by atoms with Crippen LogP contribution in [0.5, 0.6) is 0 Å². The van der Waals surface area contributed by atoms with Gasteiger partial charge < -0.3 is 15.7 Å². The molecule has 2 saturated heterocycles. The van der Waals surface area contributed by atoms with Gasteiger partial charge in [-0.3, -0.25) is 4.79 Å². The van der Waals surface area contributed by atoms with E-state index in [4.69, 9.17) is 10.8 Å². The van der Waals surface area contributed by atoms with Crippen molar-refractivity contribution in [1.29, 1.82) is 0 Å². The molecule has 2 rings (SSSR count). The first-order chi connectivity index (χ1) is 7.02. The predicted molar refractivity (Wildman–Crippen MR) is 53.0 cm³/mol. The minimum absolute atomic E-state index is 0.0819. The maximum atomic E-state index is 11.8. The zero-order valence-corrected chi connectivity index (χ0v) is 8.72. The molecule has 5 heteroatoms. The van der Waals surface area contributed by atoms with Crippen LogP contribution in [0.3, 0.4) is 0 Å². The van der Waals surface area contributed by atoms with Gasteiger partial charge in [0.1, 0.15) is 6.04 Å². The lowest BCUT2D eigenvalue weighted by Gasteiger charge is -2.36. The Labute approximate surface area is 88.2 Å². The van der Waals surface area contributed by atoms with Gasteiger partial charge in [0.2, 0.25) is 5.91 Å². The van der Waals surface area contributed by atoms with E-state index < -0.39 is 18.1 Å². The lowest BCUT2D eigenvalue weighted by molar-refractivity contribution is -0.151. The molecule has 0 aromatic carbocycles. The number of carboxylic acids is 1. The van der Waals surface area contributed by atoms with Crippen LogP contribution in [0.2, 0.25) is 0 Å². The molecule has 0 bridgehead atoms. The van der Waals surface area contributed by atoms with Crippen molar-refractivity contribution >= 4 is 11.9 Å². The highest BCUT2D eigenvalue weighted by molar-refractivity contribution is 5.88. The molecule has 0 aromatic heterocycles. The van der Waals surface area contributed by atoms with E-state index in [-0.39, 0.29) is 17.9 Å². The van der Waals surface area contributed by atoms with Gasteiger partial charge in [-0.1, -0.05) is 6.92 Å². The Balaban J connectivity index is 2.26. The number of aliphatic carboxylic acids is 1. The normalized spacial score (nSPS) is 40.4. The van der Waals surface area contributed by atoms with Crippen LogP contribution in [0.15, 0.2) is 0 Å². The van der Waals surface area contributed by atoms with Gasteiger partial charge in [0.15, 0.2) is 0 Å². The molecule has 0 saturated carbocycles. The highest BCUT2D eigenvalue weighted by Gasteiger charge is 2.48. The molecule has 2 aliphatic rings. The molecule has 0 radical (unpaired) electrons. The van der Waals surface area contributed by atoms with Crippen LogP contribution in [0.1, 0.15) is 26.2 Å². The second-order valence-corrected chi connectivity index (χ2v) is 4.56. The van der Waals surface area contributed by atoms with Crippen molar-refractivity contribution in [3.63, 3.8) is 0 Å². The summed E-state index contributed by atoms with van der Waals surface area (Å²) in [5, 5.41) is 9.04. The SMILES string of the molecule is C[C@@H]1C[C@@H](C(=O)O)N2C(=O)[C@@H](N)CCC12. The summed E-state index contributed by atoms with van der Waals surface area (Å²) in [6.45, 7) is 2.00. The van der Waals surface area contributed by atoms with Crippen molar-refractivity contribution in [2.24, 2.45) is 11.7 Å². The molecule has 0 aromatic rings. The Bertz CT molecular complexity index is 305. The van der Waals surface area contributed by atoms with Crippen LogP contribution in [0.4, 0.5) is 0 Å². The number of nitrogens with zero attached hydrogens (tertiary/aromatic N) is 1. The van der Waals surface area contributed by atoms with Crippen molar-refractivity contribution in [2.45, 2.75) is 44.3 Å². The lowest BCUT2D eigenvalue weighted by Crippen LogP contribution is -2.55. The van der Waals surface area contributed by atoms with E-state index in [2.05, 4.69) is 0 Å². The second-order valence-electron chi connectivity index (χ2n) is 4.56. The first-order valence-corrected chi connectivity index (χ1v) is 5.33. The molecule has 1 unspecified atom stereocenters. The first-order valence-electron chi connectivity index (χ1n) is 5.33. The number of piperidine rings is 1. The van der Waals surface area contributed by atoms with Crippen LogP contribution in [-0.2, 0) is 9.59 Å². The van der Waals surface area contributed by atoms with Gasteiger partial charge in [0.25, 0.3) is 0 Å². The number of nitrogens with two attached hydrogens (primary N) is 1. The smallest absolute Gasteiger partial charge is 0.326 e. The number of hydrogen-bond acceptors (Lipinski definition) is 3. The molecule has 5 nitrogen and oxygen atoms in total. The van der Waals surface area contributed by atoms with Gasteiger partial charge in [-0.15, -0.1) is 0 Å². The summed E-state index contributed by atoms with van der Waals surface area (Å²) in [6, 6.07) is -1.09. The number of amides is 1. The third-order valence-electron chi connectivity index (χ3n) is 3.58. The third kappa shape index (κ3) is 1.51.